The molecule has 0 amide bonds. The molecule has 48 heavy (non-hydrogen) atoms. The minimum Gasteiger partial charge on any atom is -0.338 e. The standard InChI is InChI=1S/C46H38N2/c1-4-16-36(17-5-1)47(37-18-6-2-7-19-37)39-29-26-33(27-30-39)40-23-12-14-34-15-13-24-41(46(34)40)35-28-31-45-43(32-35)42-22-10-11-25-44(42)48(45)38-20-8-3-9-21-38/h1-27,29-30,35,43,45H,28,31-32H2. The molecule has 0 radical (unpaired) electrons. The maximum atomic E-state index is 2.63. The summed E-state index contributed by atoms with van der Waals surface area (Å²) < 4.78 is 0. The summed E-state index contributed by atoms with van der Waals surface area (Å²) in [6, 6.07) is 64.9. The summed E-state index contributed by atoms with van der Waals surface area (Å²) in [5, 5.41) is 2.73. The van der Waals surface area contributed by atoms with Gasteiger partial charge in [-0.25, -0.2) is 0 Å². The van der Waals surface area contributed by atoms with Gasteiger partial charge in [-0.2, -0.15) is 0 Å². The Morgan fingerprint density at radius 1 is 0.479 bits per heavy atom. The molecule has 0 N–H and O–H groups in total. The van der Waals surface area contributed by atoms with Crippen molar-refractivity contribution in [2.24, 2.45) is 0 Å². The van der Waals surface area contributed by atoms with Gasteiger partial charge in [0, 0.05) is 40.4 Å². The molecule has 1 aliphatic heterocycles. The number of benzene rings is 7. The van der Waals surface area contributed by atoms with Crippen molar-refractivity contribution < 1.29 is 0 Å². The van der Waals surface area contributed by atoms with E-state index in [0.29, 0.717) is 17.9 Å². The van der Waals surface area contributed by atoms with Gasteiger partial charge < -0.3 is 9.80 Å². The molecule has 2 aliphatic rings. The monoisotopic (exact) mass is 618 g/mol. The van der Waals surface area contributed by atoms with Gasteiger partial charge in [0.2, 0.25) is 0 Å². The highest BCUT2D eigenvalue weighted by Crippen LogP contribution is 2.54. The lowest BCUT2D eigenvalue weighted by Gasteiger charge is -2.37. The molecule has 0 saturated heterocycles. The van der Waals surface area contributed by atoms with Crippen molar-refractivity contribution >= 4 is 39.2 Å². The molecule has 9 rings (SSSR count). The number of fused-ring (bicyclic) bond motifs is 4. The van der Waals surface area contributed by atoms with Crippen molar-refractivity contribution in [3.8, 4) is 11.1 Å². The van der Waals surface area contributed by atoms with Crippen LogP contribution in [-0.4, -0.2) is 6.04 Å². The van der Waals surface area contributed by atoms with Crippen molar-refractivity contribution in [1.29, 1.82) is 0 Å². The Kier molecular flexibility index (Phi) is 7.28. The zero-order valence-corrected chi connectivity index (χ0v) is 27.0. The second-order valence-electron chi connectivity index (χ2n) is 13.3. The lowest BCUT2D eigenvalue weighted by atomic mass is 9.72. The summed E-state index contributed by atoms with van der Waals surface area (Å²) in [6.07, 6.45) is 3.54. The van der Waals surface area contributed by atoms with Crippen LogP contribution in [0.4, 0.5) is 28.4 Å². The van der Waals surface area contributed by atoms with E-state index < -0.39 is 0 Å². The van der Waals surface area contributed by atoms with Crippen LogP contribution in [-0.2, 0) is 0 Å². The summed E-state index contributed by atoms with van der Waals surface area (Å²) in [5.41, 5.74) is 11.7. The maximum Gasteiger partial charge on any atom is 0.0462 e. The molecule has 1 saturated carbocycles. The molecule has 0 bridgehead atoms. The zero-order chi connectivity index (χ0) is 31.9. The summed E-state index contributed by atoms with van der Waals surface area (Å²) in [6.45, 7) is 0. The Hall–Kier alpha value is -5.60. The van der Waals surface area contributed by atoms with Crippen LogP contribution in [0.5, 0.6) is 0 Å². The molecule has 1 heterocycles. The Labute approximate surface area is 283 Å². The number of hydrogen-bond donors (Lipinski definition) is 0. The van der Waals surface area contributed by atoms with Gasteiger partial charge in [-0.05, 0) is 113 Å². The third-order valence-corrected chi connectivity index (χ3v) is 10.6. The van der Waals surface area contributed by atoms with Crippen molar-refractivity contribution in [2.75, 3.05) is 9.80 Å². The molecule has 2 nitrogen and oxygen atoms in total. The van der Waals surface area contributed by atoms with Crippen molar-refractivity contribution in [1.82, 2.24) is 0 Å². The van der Waals surface area contributed by atoms with Crippen molar-refractivity contribution in [2.45, 2.75) is 37.1 Å². The number of anilines is 5. The topological polar surface area (TPSA) is 6.48 Å². The van der Waals surface area contributed by atoms with E-state index in [4.69, 9.17) is 0 Å². The van der Waals surface area contributed by atoms with Gasteiger partial charge in [-0.3, -0.25) is 0 Å². The van der Waals surface area contributed by atoms with E-state index in [1.54, 1.807) is 0 Å². The van der Waals surface area contributed by atoms with Gasteiger partial charge in [0.25, 0.3) is 0 Å². The second kappa shape index (κ2) is 12.2. The van der Waals surface area contributed by atoms with E-state index in [2.05, 4.69) is 186 Å². The fourth-order valence-electron chi connectivity index (χ4n) is 8.54. The summed E-state index contributed by atoms with van der Waals surface area (Å²) in [7, 11) is 0. The van der Waals surface area contributed by atoms with Crippen molar-refractivity contribution in [3.63, 3.8) is 0 Å². The lowest BCUT2D eigenvalue weighted by molar-refractivity contribution is 0.362. The highest BCUT2D eigenvalue weighted by atomic mass is 15.2. The number of nitrogens with zero attached hydrogens (tertiary/aromatic N) is 2. The largest absolute Gasteiger partial charge is 0.338 e. The van der Waals surface area contributed by atoms with Crippen molar-refractivity contribution in [3.05, 3.63) is 187 Å². The maximum absolute atomic E-state index is 2.63. The molecular formula is C46H38N2. The van der Waals surface area contributed by atoms with Gasteiger partial charge in [0.05, 0.1) is 0 Å². The van der Waals surface area contributed by atoms with Crippen LogP contribution in [0.25, 0.3) is 21.9 Å². The normalized spacial score (nSPS) is 18.3. The van der Waals surface area contributed by atoms with Crippen LogP contribution in [0.15, 0.2) is 176 Å². The molecular weight excluding hydrogens is 581 g/mol. The highest BCUT2D eigenvalue weighted by molar-refractivity contribution is 5.99. The van der Waals surface area contributed by atoms with E-state index >= 15 is 0 Å². The SMILES string of the molecule is c1ccc(N(c2ccccc2)c2ccc(-c3cccc4cccc(C5CCC6C(C5)c5ccccc5N6c5ccccc5)c34)cc2)cc1. The van der Waals surface area contributed by atoms with Crippen LogP contribution in [0.2, 0.25) is 0 Å². The molecule has 3 atom stereocenters. The first-order valence-corrected chi connectivity index (χ1v) is 17.3. The lowest BCUT2D eigenvalue weighted by Crippen LogP contribution is -2.34. The second-order valence-corrected chi connectivity index (χ2v) is 13.3. The van der Waals surface area contributed by atoms with Crippen LogP contribution in [0.3, 0.4) is 0 Å². The van der Waals surface area contributed by atoms with E-state index in [0.717, 1.165) is 17.1 Å². The Balaban J connectivity index is 1.08. The summed E-state index contributed by atoms with van der Waals surface area (Å²) in [5.74, 6) is 1.02. The number of rotatable bonds is 6. The van der Waals surface area contributed by atoms with E-state index in [1.165, 1.54) is 63.7 Å². The minimum absolute atomic E-state index is 0.500. The third-order valence-electron chi connectivity index (χ3n) is 10.6. The average Bonchev–Trinajstić information content (AvgIpc) is 3.50. The highest BCUT2D eigenvalue weighted by Gasteiger charge is 2.43. The summed E-state index contributed by atoms with van der Waals surface area (Å²) in [4.78, 5) is 4.95. The number of para-hydroxylation sites is 4. The Bertz CT molecular complexity index is 2130. The van der Waals surface area contributed by atoms with Crippen LogP contribution in [0.1, 0.15) is 42.2 Å². The predicted molar refractivity (Wildman–Crippen MR) is 202 cm³/mol. The third kappa shape index (κ3) is 4.96. The van der Waals surface area contributed by atoms with Gasteiger partial charge in [-0.15, -0.1) is 0 Å². The first-order valence-electron chi connectivity index (χ1n) is 17.3. The van der Waals surface area contributed by atoms with Crippen LogP contribution in [0, 0.1) is 0 Å². The quantitative estimate of drug-likeness (QED) is 0.183. The minimum atomic E-state index is 0.500. The molecule has 232 valence electrons. The van der Waals surface area contributed by atoms with E-state index in [-0.39, 0.29) is 0 Å². The summed E-state index contributed by atoms with van der Waals surface area (Å²) >= 11 is 0. The van der Waals surface area contributed by atoms with Gasteiger partial charge in [-0.1, -0.05) is 121 Å². The molecule has 2 heteroatoms. The van der Waals surface area contributed by atoms with Crippen LogP contribution >= 0.6 is 0 Å². The molecule has 7 aromatic carbocycles. The first-order chi connectivity index (χ1) is 23.8. The fourth-order valence-corrected chi connectivity index (χ4v) is 8.54. The first kappa shape index (κ1) is 28.6. The Morgan fingerprint density at radius 3 is 1.77 bits per heavy atom. The zero-order valence-electron chi connectivity index (χ0n) is 27.0. The number of hydrogen-bond acceptors (Lipinski definition) is 2. The van der Waals surface area contributed by atoms with E-state index in [1.807, 2.05) is 0 Å². The van der Waals surface area contributed by atoms with E-state index in [9.17, 15) is 0 Å². The molecule has 1 fully saturated rings. The molecule has 0 spiro atoms. The fraction of sp³-hybridized carbons (Fsp3) is 0.130. The Morgan fingerprint density at radius 2 is 1.06 bits per heavy atom. The molecule has 1 aliphatic carbocycles. The molecule has 7 aromatic rings. The van der Waals surface area contributed by atoms with Gasteiger partial charge in [0.15, 0.2) is 0 Å². The van der Waals surface area contributed by atoms with Crippen LogP contribution < -0.4 is 9.80 Å². The average molecular weight is 619 g/mol. The molecule has 3 unspecified atom stereocenters. The predicted octanol–water partition coefficient (Wildman–Crippen LogP) is 12.5. The van der Waals surface area contributed by atoms with Gasteiger partial charge >= 0.3 is 0 Å². The smallest absolute Gasteiger partial charge is 0.0462 e. The van der Waals surface area contributed by atoms with Gasteiger partial charge in [0.1, 0.15) is 0 Å². The molecule has 0 aromatic heterocycles.